The van der Waals surface area contributed by atoms with Crippen molar-refractivity contribution in [2.24, 2.45) is 0 Å². The van der Waals surface area contributed by atoms with Crippen LogP contribution in [0.5, 0.6) is 0 Å². The first-order valence-corrected chi connectivity index (χ1v) is 6.85. The highest BCUT2D eigenvalue weighted by atomic mass is 79.9. The van der Waals surface area contributed by atoms with Gasteiger partial charge in [0.15, 0.2) is 0 Å². The lowest BCUT2D eigenvalue weighted by Crippen LogP contribution is -2.08. The van der Waals surface area contributed by atoms with Crippen molar-refractivity contribution >= 4 is 33.6 Å². The van der Waals surface area contributed by atoms with Crippen molar-refractivity contribution in [2.75, 3.05) is 5.32 Å². The summed E-state index contributed by atoms with van der Waals surface area (Å²) in [5.41, 5.74) is 1.90. The van der Waals surface area contributed by atoms with Crippen LogP contribution in [0.3, 0.4) is 0 Å². The standard InChI is InChI=1S/C16H13BrFNO/c1-11-5-7-14(10-15(11)18)19-16(20)8-6-12-3-2-4-13(17)9-12/h2-10H,1H3,(H,19,20)/b8-6+. The molecule has 20 heavy (non-hydrogen) atoms. The van der Waals surface area contributed by atoms with Crippen molar-refractivity contribution < 1.29 is 9.18 Å². The Bertz CT molecular complexity index is 667. The van der Waals surface area contributed by atoms with E-state index in [1.165, 1.54) is 12.1 Å². The minimum atomic E-state index is -0.334. The predicted octanol–water partition coefficient (Wildman–Crippen LogP) is 4.55. The molecule has 4 heteroatoms. The van der Waals surface area contributed by atoms with E-state index < -0.39 is 0 Å². The molecule has 0 radical (unpaired) electrons. The van der Waals surface area contributed by atoms with Crippen LogP contribution in [-0.2, 0) is 4.79 Å². The van der Waals surface area contributed by atoms with Gasteiger partial charge in [0.05, 0.1) is 0 Å². The Balaban J connectivity index is 2.03. The Morgan fingerprint density at radius 2 is 2.05 bits per heavy atom. The molecular formula is C16H13BrFNO. The molecule has 2 aromatic rings. The normalized spacial score (nSPS) is 10.8. The molecule has 0 atom stereocenters. The smallest absolute Gasteiger partial charge is 0.248 e. The topological polar surface area (TPSA) is 29.1 Å². The molecule has 0 heterocycles. The number of benzene rings is 2. The number of carbonyl (C=O) groups is 1. The zero-order valence-electron chi connectivity index (χ0n) is 10.9. The first-order valence-electron chi connectivity index (χ1n) is 6.05. The zero-order chi connectivity index (χ0) is 14.5. The minimum absolute atomic E-state index is 0.298. The van der Waals surface area contributed by atoms with Crippen molar-refractivity contribution in [1.82, 2.24) is 0 Å². The quantitative estimate of drug-likeness (QED) is 0.820. The molecule has 0 saturated carbocycles. The molecule has 2 nitrogen and oxygen atoms in total. The van der Waals surface area contributed by atoms with Crippen molar-refractivity contribution in [3.63, 3.8) is 0 Å². The number of halogens is 2. The summed E-state index contributed by atoms with van der Waals surface area (Å²) >= 11 is 3.36. The average Bonchev–Trinajstić information content (AvgIpc) is 2.41. The second kappa shape index (κ2) is 6.48. The number of rotatable bonds is 3. The summed E-state index contributed by atoms with van der Waals surface area (Å²) in [5.74, 6) is -0.632. The fourth-order valence-electron chi connectivity index (χ4n) is 1.64. The third-order valence-corrected chi connectivity index (χ3v) is 3.21. The molecule has 0 unspecified atom stereocenters. The molecule has 0 aliphatic carbocycles. The van der Waals surface area contributed by atoms with Gasteiger partial charge in [0.2, 0.25) is 5.91 Å². The van der Waals surface area contributed by atoms with Crippen LogP contribution in [0.25, 0.3) is 6.08 Å². The van der Waals surface area contributed by atoms with Gasteiger partial charge in [-0.2, -0.15) is 0 Å². The van der Waals surface area contributed by atoms with Crippen LogP contribution in [0.15, 0.2) is 53.0 Å². The van der Waals surface area contributed by atoms with Crippen LogP contribution in [0, 0.1) is 12.7 Å². The number of aryl methyl sites for hydroxylation is 1. The highest BCUT2D eigenvalue weighted by molar-refractivity contribution is 9.10. The molecule has 2 aromatic carbocycles. The van der Waals surface area contributed by atoms with Gasteiger partial charge < -0.3 is 5.32 Å². The maximum atomic E-state index is 13.4. The fraction of sp³-hybridized carbons (Fsp3) is 0.0625. The van der Waals surface area contributed by atoms with Crippen LogP contribution in [0.2, 0.25) is 0 Å². The van der Waals surface area contributed by atoms with Crippen LogP contribution >= 0.6 is 15.9 Å². The van der Waals surface area contributed by atoms with E-state index in [1.807, 2.05) is 24.3 Å². The maximum Gasteiger partial charge on any atom is 0.248 e. The Morgan fingerprint density at radius 3 is 2.75 bits per heavy atom. The lowest BCUT2D eigenvalue weighted by molar-refractivity contribution is -0.111. The first-order chi connectivity index (χ1) is 9.54. The molecule has 2 rings (SSSR count). The molecule has 1 amide bonds. The third-order valence-electron chi connectivity index (χ3n) is 2.72. The van der Waals surface area contributed by atoms with Gasteiger partial charge in [-0.25, -0.2) is 4.39 Å². The molecule has 1 N–H and O–H groups in total. The Kier molecular flexibility index (Phi) is 4.69. The first kappa shape index (κ1) is 14.5. The second-order valence-corrected chi connectivity index (χ2v) is 5.26. The SMILES string of the molecule is Cc1ccc(NC(=O)/C=C/c2cccc(Br)c2)cc1F. The number of anilines is 1. The summed E-state index contributed by atoms with van der Waals surface area (Å²) in [5, 5.41) is 2.62. The Hall–Kier alpha value is -1.94. The van der Waals surface area contributed by atoms with E-state index in [2.05, 4.69) is 21.2 Å². The highest BCUT2D eigenvalue weighted by Crippen LogP contribution is 2.15. The summed E-state index contributed by atoms with van der Waals surface area (Å²) in [7, 11) is 0. The number of amides is 1. The summed E-state index contributed by atoms with van der Waals surface area (Å²) in [6.45, 7) is 1.67. The summed E-state index contributed by atoms with van der Waals surface area (Å²) < 4.78 is 14.3. The van der Waals surface area contributed by atoms with E-state index in [1.54, 1.807) is 25.1 Å². The van der Waals surface area contributed by atoms with E-state index in [4.69, 9.17) is 0 Å². The summed E-state index contributed by atoms with van der Waals surface area (Å²) in [6.07, 6.45) is 3.12. The third kappa shape index (κ3) is 4.03. The highest BCUT2D eigenvalue weighted by Gasteiger charge is 2.01. The fourth-order valence-corrected chi connectivity index (χ4v) is 2.05. The van der Waals surface area contributed by atoms with Gasteiger partial charge in [-0.1, -0.05) is 34.1 Å². The lowest BCUT2D eigenvalue weighted by atomic mass is 10.2. The van der Waals surface area contributed by atoms with Gasteiger partial charge in [-0.15, -0.1) is 0 Å². The van der Waals surface area contributed by atoms with E-state index in [9.17, 15) is 9.18 Å². The van der Waals surface area contributed by atoms with E-state index >= 15 is 0 Å². The lowest BCUT2D eigenvalue weighted by Gasteiger charge is -2.03. The molecule has 0 fully saturated rings. The molecule has 0 bridgehead atoms. The van der Waals surface area contributed by atoms with Crippen molar-refractivity contribution in [2.45, 2.75) is 6.92 Å². The largest absolute Gasteiger partial charge is 0.322 e. The number of carbonyl (C=O) groups excluding carboxylic acids is 1. The predicted molar refractivity (Wildman–Crippen MR) is 82.9 cm³/mol. The number of hydrogen-bond acceptors (Lipinski definition) is 1. The molecular weight excluding hydrogens is 321 g/mol. The minimum Gasteiger partial charge on any atom is -0.322 e. The molecule has 0 aromatic heterocycles. The van der Waals surface area contributed by atoms with Crippen molar-refractivity contribution in [3.05, 3.63) is 70.0 Å². The Labute approximate surface area is 125 Å². The van der Waals surface area contributed by atoms with Crippen LogP contribution in [0.4, 0.5) is 10.1 Å². The average molecular weight is 334 g/mol. The van der Waals surface area contributed by atoms with Gasteiger partial charge in [0.25, 0.3) is 0 Å². The van der Waals surface area contributed by atoms with Crippen LogP contribution < -0.4 is 5.32 Å². The number of hydrogen-bond donors (Lipinski definition) is 1. The van der Waals surface area contributed by atoms with Crippen molar-refractivity contribution in [1.29, 1.82) is 0 Å². The van der Waals surface area contributed by atoms with Gasteiger partial charge in [-0.3, -0.25) is 4.79 Å². The maximum absolute atomic E-state index is 13.4. The van der Waals surface area contributed by atoms with E-state index in [0.717, 1.165) is 10.0 Å². The van der Waals surface area contributed by atoms with Gasteiger partial charge >= 0.3 is 0 Å². The summed E-state index contributed by atoms with van der Waals surface area (Å²) in [4.78, 5) is 11.7. The molecule has 0 aliphatic rings. The zero-order valence-corrected chi connectivity index (χ0v) is 12.4. The van der Waals surface area contributed by atoms with Crippen molar-refractivity contribution in [3.8, 4) is 0 Å². The van der Waals surface area contributed by atoms with Crippen LogP contribution in [0.1, 0.15) is 11.1 Å². The van der Waals surface area contributed by atoms with E-state index in [0.29, 0.717) is 11.3 Å². The second-order valence-electron chi connectivity index (χ2n) is 4.34. The molecule has 102 valence electrons. The summed E-state index contributed by atoms with van der Waals surface area (Å²) in [6, 6.07) is 12.2. The number of nitrogens with one attached hydrogen (secondary N) is 1. The van der Waals surface area contributed by atoms with Gasteiger partial charge in [-0.05, 0) is 48.4 Å². The monoisotopic (exact) mass is 333 g/mol. The molecule has 0 aliphatic heterocycles. The molecule has 0 saturated heterocycles. The van der Waals surface area contributed by atoms with Gasteiger partial charge in [0.1, 0.15) is 5.82 Å². The van der Waals surface area contributed by atoms with E-state index in [-0.39, 0.29) is 11.7 Å². The van der Waals surface area contributed by atoms with Crippen LogP contribution in [-0.4, -0.2) is 5.91 Å². The molecule has 0 spiro atoms. The Morgan fingerprint density at radius 1 is 1.25 bits per heavy atom. The van der Waals surface area contributed by atoms with Gasteiger partial charge in [0, 0.05) is 16.2 Å².